The second-order valence-electron chi connectivity index (χ2n) is 6.72. The summed E-state index contributed by atoms with van der Waals surface area (Å²) in [5, 5.41) is 3.76. The summed E-state index contributed by atoms with van der Waals surface area (Å²) in [7, 11) is 0. The topological polar surface area (TPSA) is 15.3 Å². The number of anilines is 1. The van der Waals surface area contributed by atoms with Crippen molar-refractivity contribution in [1.82, 2.24) is 4.90 Å². The zero-order chi connectivity index (χ0) is 13.9. The number of benzene rings is 1. The van der Waals surface area contributed by atoms with Gasteiger partial charge >= 0.3 is 0 Å². The van der Waals surface area contributed by atoms with Gasteiger partial charge in [-0.1, -0.05) is 18.9 Å². The molecule has 1 N–H and O–H groups in total. The molecule has 2 heteroatoms. The lowest BCUT2D eigenvalue weighted by Crippen LogP contribution is -2.46. The maximum absolute atomic E-state index is 3.76. The SMILES string of the molecule is Cc1ccc(N[C@H]2CCCN(C3CCCC3)C2)cc1C. The van der Waals surface area contributed by atoms with Gasteiger partial charge in [0, 0.05) is 24.3 Å². The van der Waals surface area contributed by atoms with Crippen molar-refractivity contribution in [2.24, 2.45) is 0 Å². The Morgan fingerprint density at radius 1 is 1.00 bits per heavy atom. The molecule has 1 aliphatic heterocycles. The first-order valence-corrected chi connectivity index (χ1v) is 8.30. The highest BCUT2D eigenvalue weighted by molar-refractivity contribution is 5.48. The number of hydrogen-bond acceptors (Lipinski definition) is 2. The zero-order valence-corrected chi connectivity index (χ0v) is 13.0. The predicted octanol–water partition coefficient (Wildman–Crippen LogP) is 4.12. The molecule has 0 spiro atoms. The van der Waals surface area contributed by atoms with Gasteiger partial charge in [-0.25, -0.2) is 0 Å². The minimum atomic E-state index is 0.631. The van der Waals surface area contributed by atoms with E-state index < -0.39 is 0 Å². The van der Waals surface area contributed by atoms with Crippen LogP contribution < -0.4 is 5.32 Å². The second-order valence-corrected chi connectivity index (χ2v) is 6.72. The van der Waals surface area contributed by atoms with Crippen LogP contribution in [0.25, 0.3) is 0 Å². The van der Waals surface area contributed by atoms with Crippen LogP contribution in [0.2, 0.25) is 0 Å². The molecule has 0 aromatic heterocycles. The van der Waals surface area contributed by atoms with Crippen LogP contribution in [0.5, 0.6) is 0 Å². The number of rotatable bonds is 3. The van der Waals surface area contributed by atoms with Gasteiger partial charge in [0.2, 0.25) is 0 Å². The Morgan fingerprint density at radius 2 is 1.80 bits per heavy atom. The van der Waals surface area contributed by atoms with Crippen LogP contribution in [0.4, 0.5) is 5.69 Å². The fourth-order valence-corrected chi connectivity index (χ4v) is 3.79. The molecular formula is C18H28N2. The van der Waals surface area contributed by atoms with Gasteiger partial charge < -0.3 is 5.32 Å². The molecule has 1 saturated carbocycles. The minimum Gasteiger partial charge on any atom is -0.381 e. The van der Waals surface area contributed by atoms with Crippen LogP contribution in [0, 0.1) is 13.8 Å². The van der Waals surface area contributed by atoms with Crippen molar-refractivity contribution in [1.29, 1.82) is 0 Å². The van der Waals surface area contributed by atoms with Gasteiger partial charge in [0.05, 0.1) is 0 Å². The summed E-state index contributed by atoms with van der Waals surface area (Å²) < 4.78 is 0. The molecule has 1 saturated heterocycles. The smallest absolute Gasteiger partial charge is 0.0389 e. The van der Waals surface area contributed by atoms with E-state index in [0.29, 0.717) is 6.04 Å². The van der Waals surface area contributed by atoms with E-state index in [-0.39, 0.29) is 0 Å². The normalized spacial score (nSPS) is 25.0. The highest BCUT2D eigenvalue weighted by atomic mass is 15.2. The molecular weight excluding hydrogens is 244 g/mol. The maximum atomic E-state index is 3.76. The Labute approximate surface area is 123 Å². The average molecular weight is 272 g/mol. The summed E-state index contributed by atoms with van der Waals surface area (Å²) >= 11 is 0. The molecule has 2 aliphatic rings. The number of piperidine rings is 1. The molecule has 0 unspecified atom stereocenters. The van der Waals surface area contributed by atoms with Crippen molar-refractivity contribution in [2.45, 2.75) is 64.5 Å². The number of hydrogen-bond donors (Lipinski definition) is 1. The Kier molecular flexibility index (Phi) is 4.30. The van der Waals surface area contributed by atoms with Crippen molar-refractivity contribution in [3.63, 3.8) is 0 Å². The van der Waals surface area contributed by atoms with E-state index in [1.807, 2.05) is 0 Å². The molecule has 0 bridgehead atoms. The van der Waals surface area contributed by atoms with E-state index in [0.717, 1.165) is 6.04 Å². The van der Waals surface area contributed by atoms with Crippen LogP contribution >= 0.6 is 0 Å². The second kappa shape index (κ2) is 6.17. The molecule has 1 aromatic rings. The third-order valence-electron chi connectivity index (χ3n) is 5.17. The van der Waals surface area contributed by atoms with Crippen LogP contribution in [-0.2, 0) is 0 Å². The van der Waals surface area contributed by atoms with Crippen LogP contribution in [-0.4, -0.2) is 30.1 Å². The molecule has 0 amide bonds. The van der Waals surface area contributed by atoms with Gasteiger partial charge in [-0.3, -0.25) is 4.90 Å². The Hall–Kier alpha value is -1.02. The molecule has 1 aliphatic carbocycles. The Bertz CT molecular complexity index is 449. The summed E-state index contributed by atoms with van der Waals surface area (Å²) in [6.07, 6.45) is 8.40. The van der Waals surface area contributed by atoms with Gasteiger partial charge in [-0.2, -0.15) is 0 Å². The fraction of sp³-hybridized carbons (Fsp3) is 0.667. The summed E-state index contributed by atoms with van der Waals surface area (Å²) in [4.78, 5) is 2.75. The standard InChI is InChI=1S/C18H28N2/c1-14-9-10-16(12-15(14)2)19-17-6-5-11-20(13-17)18-7-3-4-8-18/h9-10,12,17-19H,3-8,11,13H2,1-2H3/t17-/m0/s1. The predicted molar refractivity (Wildman–Crippen MR) is 86.4 cm³/mol. The first-order chi connectivity index (χ1) is 9.72. The summed E-state index contributed by atoms with van der Waals surface area (Å²) in [6.45, 7) is 6.93. The van der Waals surface area contributed by atoms with E-state index in [1.165, 1.54) is 68.4 Å². The first-order valence-electron chi connectivity index (χ1n) is 8.30. The van der Waals surface area contributed by atoms with Gasteiger partial charge in [-0.05, 0) is 69.3 Å². The van der Waals surface area contributed by atoms with Crippen LogP contribution in [0.15, 0.2) is 18.2 Å². The molecule has 1 aromatic carbocycles. The molecule has 2 fully saturated rings. The van der Waals surface area contributed by atoms with Crippen molar-refractivity contribution in [3.05, 3.63) is 29.3 Å². The largest absolute Gasteiger partial charge is 0.381 e. The third-order valence-corrected chi connectivity index (χ3v) is 5.17. The molecule has 0 radical (unpaired) electrons. The number of likely N-dealkylation sites (tertiary alicyclic amines) is 1. The lowest BCUT2D eigenvalue weighted by molar-refractivity contribution is 0.156. The lowest BCUT2D eigenvalue weighted by Gasteiger charge is -2.37. The Morgan fingerprint density at radius 3 is 2.55 bits per heavy atom. The molecule has 110 valence electrons. The van der Waals surface area contributed by atoms with Crippen molar-refractivity contribution < 1.29 is 0 Å². The molecule has 3 rings (SSSR count). The minimum absolute atomic E-state index is 0.631. The monoisotopic (exact) mass is 272 g/mol. The van der Waals surface area contributed by atoms with Crippen molar-refractivity contribution >= 4 is 5.69 Å². The van der Waals surface area contributed by atoms with Gasteiger partial charge in [0.15, 0.2) is 0 Å². The first kappa shape index (κ1) is 13.9. The van der Waals surface area contributed by atoms with Crippen molar-refractivity contribution in [2.75, 3.05) is 18.4 Å². The van der Waals surface area contributed by atoms with E-state index >= 15 is 0 Å². The third kappa shape index (κ3) is 3.17. The summed E-state index contributed by atoms with van der Waals surface area (Å²) in [6, 6.07) is 8.27. The maximum Gasteiger partial charge on any atom is 0.0389 e. The molecule has 20 heavy (non-hydrogen) atoms. The summed E-state index contributed by atoms with van der Waals surface area (Å²) in [5.41, 5.74) is 4.07. The lowest BCUT2D eigenvalue weighted by atomic mass is 10.0. The molecule has 2 nitrogen and oxygen atoms in total. The van der Waals surface area contributed by atoms with E-state index in [1.54, 1.807) is 0 Å². The summed E-state index contributed by atoms with van der Waals surface area (Å²) in [5.74, 6) is 0. The zero-order valence-electron chi connectivity index (χ0n) is 13.0. The van der Waals surface area contributed by atoms with E-state index in [9.17, 15) is 0 Å². The highest BCUT2D eigenvalue weighted by Gasteiger charge is 2.27. The van der Waals surface area contributed by atoms with Crippen LogP contribution in [0.1, 0.15) is 49.7 Å². The Balaban J connectivity index is 1.60. The van der Waals surface area contributed by atoms with Gasteiger partial charge in [0.25, 0.3) is 0 Å². The van der Waals surface area contributed by atoms with Crippen LogP contribution in [0.3, 0.4) is 0 Å². The van der Waals surface area contributed by atoms with Crippen molar-refractivity contribution in [3.8, 4) is 0 Å². The number of aryl methyl sites for hydroxylation is 2. The number of nitrogens with one attached hydrogen (secondary N) is 1. The van der Waals surface area contributed by atoms with E-state index in [4.69, 9.17) is 0 Å². The highest BCUT2D eigenvalue weighted by Crippen LogP contribution is 2.27. The molecule has 1 atom stereocenters. The quantitative estimate of drug-likeness (QED) is 0.890. The average Bonchev–Trinajstić information content (AvgIpc) is 2.97. The van der Waals surface area contributed by atoms with E-state index in [2.05, 4.69) is 42.3 Å². The molecule has 1 heterocycles. The number of nitrogens with zero attached hydrogens (tertiary/aromatic N) is 1. The van der Waals surface area contributed by atoms with Gasteiger partial charge in [0.1, 0.15) is 0 Å². The van der Waals surface area contributed by atoms with Gasteiger partial charge in [-0.15, -0.1) is 0 Å². The fourth-order valence-electron chi connectivity index (χ4n) is 3.79.